The molecule has 0 N–H and O–H groups in total. The Labute approximate surface area is 124 Å². The molecule has 1 aromatic heterocycles. The Hall–Kier alpha value is -1.81. The van der Waals surface area contributed by atoms with Crippen LogP contribution in [0, 0.1) is 0 Å². The van der Waals surface area contributed by atoms with E-state index < -0.39 is 0 Å². The number of halogens is 1. The maximum atomic E-state index is 11.9. The maximum absolute atomic E-state index is 11.9. The lowest BCUT2D eigenvalue weighted by molar-refractivity contribution is -0.116. The van der Waals surface area contributed by atoms with Crippen molar-refractivity contribution in [1.29, 1.82) is 0 Å². The first-order valence-corrected chi connectivity index (χ1v) is 6.67. The van der Waals surface area contributed by atoms with E-state index in [-0.39, 0.29) is 5.91 Å². The summed E-state index contributed by atoms with van der Waals surface area (Å²) in [5.41, 5.74) is 2.08. The smallest absolute Gasteiger partial charge is 0.238 e. The SMILES string of the molecule is C=C(C=C(C)C)N(C(C)=O)c1cc(Cl)cnc1OCC. The van der Waals surface area contributed by atoms with Crippen LogP contribution in [0.5, 0.6) is 5.88 Å². The molecule has 0 aliphatic carbocycles. The highest BCUT2D eigenvalue weighted by Gasteiger charge is 2.20. The number of carbonyl (C=O) groups excluding carboxylic acids is 1. The monoisotopic (exact) mass is 294 g/mol. The molecule has 0 atom stereocenters. The summed E-state index contributed by atoms with van der Waals surface area (Å²) < 4.78 is 5.45. The quantitative estimate of drug-likeness (QED) is 0.772. The van der Waals surface area contributed by atoms with E-state index in [1.807, 2.05) is 26.8 Å². The van der Waals surface area contributed by atoms with Crippen molar-refractivity contribution in [2.75, 3.05) is 11.5 Å². The van der Waals surface area contributed by atoms with Gasteiger partial charge in [-0.25, -0.2) is 4.98 Å². The number of aromatic nitrogens is 1. The summed E-state index contributed by atoms with van der Waals surface area (Å²) in [6.45, 7) is 11.5. The Morgan fingerprint density at radius 1 is 1.50 bits per heavy atom. The second kappa shape index (κ2) is 7.10. The minimum absolute atomic E-state index is 0.183. The number of hydrogen-bond donors (Lipinski definition) is 0. The van der Waals surface area contributed by atoms with Crippen LogP contribution in [-0.4, -0.2) is 17.5 Å². The molecule has 0 aromatic carbocycles. The number of ether oxygens (including phenoxy) is 1. The lowest BCUT2D eigenvalue weighted by Crippen LogP contribution is -2.27. The zero-order valence-corrected chi connectivity index (χ0v) is 13.0. The molecule has 0 fully saturated rings. The fraction of sp³-hybridized carbons (Fsp3) is 0.333. The Kier molecular flexibility index (Phi) is 5.77. The van der Waals surface area contributed by atoms with E-state index in [0.29, 0.717) is 28.9 Å². The zero-order valence-electron chi connectivity index (χ0n) is 12.2. The fourth-order valence-electron chi connectivity index (χ4n) is 1.75. The van der Waals surface area contributed by atoms with Gasteiger partial charge >= 0.3 is 0 Å². The third-order valence-corrected chi connectivity index (χ3v) is 2.58. The molecule has 5 heteroatoms. The summed E-state index contributed by atoms with van der Waals surface area (Å²) >= 11 is 5.98. The van der Waals surface area contributed by atoms with Crippen LogP contribution >= 0.6 is 11.6 Å². The normalized spacial score (nSPS) is 9.85. The summed E-state index contributed by atoms with van der Waals surface area (Å²) in [6.07, 6.45) is 3.30. The van der Waals surface area contributed by atoms with E-state index in [4.69, 9.17) is 16.3 Å². The molecule has 1 amide bonds. The number of anilines is 1. The first kappa shape index (κ1) is 16.2. The summed E-state index contributed by atoms with van der Waals surface area (Å²) in [4.78, 5) is 17.5. The van der Waals surface area contributed by atoms with E-state index >= 15 is 0 Å². The van der Waals surface area contributed by atoms with Crippen LogP contribution in [-0.2, 0) is 4.79 Å². The van der Waals surface area contributed by atoms with Crippen molar-refractivity contribution >= 4 is 23.2 Å². The van der Waals surface area contributed by atoms with Crippen molar-refractivity contribution in [3.05, 3.63) is 41.2 Å². The summed E-state index contributed by atoms with van der Waals surface area (Å²) in [6, 6.07) is 1.64. The predicted octanol–water partition coefficient (Wildman–Crippen LogP) is 3.97. The van der Waals surface area contributed by atoms with E-state index in [2.05, 4.69) is 11.6 Å². The molecule has 1 heterocycles. The van der Waals surface area contributed by atoms with E-state index in [0.717, 1.165) is 5.57 Å². The van der Waals surface area contributed by atoms with Crippen molar-refractivity contribution in [2.45, 2.75) is 27.7 Å². The second-order valence-corrected chi connectivity index (χ2v) is 4.91. The number of pyridine rings is 1. The molecular weight excluding hydrogens is 276 g/mol. The van der Waals surface area contributed by atoms with Gasteiger partial charge in [-0.1, -0.05) is 23.8 Å². The number of carbonyl (C=O) groups is 1. The number of nitrogens with zero attached hydrogens (tertiary/aromatic N) is 2. The summed E-state index contributed by atoms with van der Waals surface area (Å²) in [7, 11) is 0. The van der Waals surface area contributed by atoms with Gasteiger partial charge in [0.2, 0.25) is 11.8 Å². The predicted molar refractivity (Wildman–Crippen MR) is 82.1 cm³/mol. The standard InChI is InChI=1S/C15H19ClN2O2/c1-6-20-15-14(8-13(16)9-17-15)18(12(5)19)11(4)7-10(2)3/h7-9H,4,6H2,1-3,5H3. The Morgan fingerprint density at radius 3 is 2.65 bits per heavy atom. The van der Waals surface area contributed by atoms with Gasteiger partial charge in [-0.3, -0.25) is 9.69 Å². The average Bonchev–Trinajstić information content (AvgIpc) is 2.31. The van der Waals surface area contributed by atoms with Crippen molar-refractivity contribution in [3.63, 3.8) is 0 Å². The van der Waals surface area contributed by atoms with Gasteiger partial charge in [0.1, 0.15) is 5.69 Å². The highest BCUT2D eigenvalue weighted by atomic mass is 35.5. The van der Waals surface area contributed by atoms with Gasteiger partial charge in [0.25, 0.3) is 0 Å². The number of allylic oxidation sites excluding steroid dienone is 2. The van der Waals surface area contributed by atoms with Crippen LogP contribution in [0.2, 0.25) is 5.02 Å². The summed E-state index contributed by atoms with van der Waals surface area (Å²) in [5, 5.41) is 0.430. The van der Waals surface area contributed by atoms with Crippen LogP contribution in [0.25, 0.3) is 0 Å². The topological polar surface area (TPSA) is 42.4 Å². The summed E-state index contributed by atoms with van der Waals surface area (Å²) in [5.74, 6) is 0.174. The molecule has 0 saturated carbocycles. The second-order valence-electron chi connectivity index (χ2n) is 4.48. The van der Waals surface area contributed by atoms with E-state index in [1.54, 1.807) is 6.07 Å². The van der Waals surface area contributed by atoms with Gasteiger partial charge < -0.3 is 4.74 Å². The third kappa shape index (κ3) is 4.10. The lowest BCUT2D eigenvalue weighted by Gasteiger charge is -2.23. The van der Waals surface area contributed by atoms with Gasteiger partial charge in [-0.2, -0.15) is 0 Å². The van der Waals surface area contributed by atoms with Gasteiger partial charge in [0.15, 0.2) is 0 Å². The molecule has 0 radical (unpaired) electrons. The minimum Gasteiger partial charge on any atom is -0.476 e. The minimum atomic E-state index is -0.183. The molecule has 0 aliphatic heterocycles. The molecule has 0 saturated heterocycles. The fourth-order valence-corrected chi connectivity index (χ4v) is 1.90. The molecule has 20 heavy (non-hydrogen) atoms. The zero-order chi connectivity index (χ0) is 15.3. The number of hydrogen-bond acceptors (Lipinski definition) is 3. The molecule has 0 aliphatic rings. The van der Waals surface area contributed by atoms with Crippen LogP contribution in [0.15, 0.2) is 36.2 Å². The molecule has 0 unspecified atom stereocenters. The number of amides is 1. The van der Waals surface area contributed by atoms with Crippen LogP contribution in [0.1, 0.15) is 27.7 Å². The highest BCUT2D eigenvalue weighted by molar-refractivity contribution is 6.30. The Bertz CT molecular complexity index is 549. The molecule has 4 nitrogen and oxygen atoms in total. The molecule has 1 rings (SSSR count). The molecule has 0 spiro atoms. The molecule has 108 valence electrons. The largest absolute Gasteiger partial charge is 0.476 e. The molecule has 0 bridgehead atoms. The van der Waals surface area contributed by atoms with E-state index in [9.17, 15) is 4.79 Å². The maximum Gasteiger partial charge on any atom is 0.238 e. The van der Waals surface area contributed by atoms with Crippen LogP contribution in [0.4, 0.5) is 5.69 Å². The molecular formula is C15H19ClN2O2. The first-order valence-electron chi connectivity index (χ1n) is 6.29. The van der Waals surface area contributed by atoms with Crippen molar-refractivity contribution < 1.29 is 9.53 Å². The Balaban J connectivity index is 3.34. The highest BCUT2D eigenvalue weighted by Crippen LogP contribution is 2.31. The van der Waals surface area contributed by atoms with Gasteiger partial charge in [-0.05, 0) is 32.9 Å². The number of rotatable bonds is 5. The van der Waals surface area contributed by atoms with Gasteiger partial charge in [0, 0.05) is 18.8 Å². The third-order valence-electron chi connectivity index (χ3n) is 2.38. The van der Waals surface area contributed by atoms with Crippen LogP contribution < -0.4 is 9.64 Å². The van der Waals surface area contributed by atoms with Gasteiger partial charge in [-0.15, -0.1) is 0 Å². The average molecular weight is 295 g/mol. The first-order chi connectivity index (χ1) is 9.36. The lowest BCUT2D eigenvalue weighted by atomic mass is 10.2. The van der Waals surface area contributed by atoms with E-state index in [1.165, 1.54) is 18.0 Å². The molecule has 1 aromatic rings. The van der Waals surface area contributed by atoms with Gasteiger partial charge in [0.05, 0.1) is 11.6 Å². The van der Waals surface area contributed by atoms with Crippen LogP contribution in [0.3, 0.4) is 0 Å². The van der Waals surface area contributed by atoms with Crippen molar-refractivity contribution in [1.82, 2.24) is 4.98 Å². The van der Waals surface area contributed by atoms with Crippen molar-refractivity contribution in [3.8, 4) is 5.88 Å². The van der Waals surface area contributed by atoms with Crippen molar-refractivity contribution in [2.24, 2.45) is 0 Å². The Morgan fingerprint density at radius 2 is 2.15 bits per heavy atom.